The van der Waals surface area contributed by atoms with Crippen LogP contribution in [-0.4, -0.2) is 40.0 Å². The molecule has 3 heterocycles. The zero-order valence-corrected chi connectivity index (χ0v) is 13.8. The van der Waals surface area contributed by atoms with Gasteiger partial charge in [0.15, 0.2) is 0 Å². The highest BCUT2D eigenvalue weighted by molar-refractivity contribution is 7.09. The van der Waals surface area contributed by atoms with Crippen molar-refractivity contribution < 1.29 is 4.79 Å². The molecule has 8 heteroatoms. The predicted molar refractivity (Wildman–Crippen MR) is 91.5 cm³/mol. The largest absolute Gasteiger partial charge is 0.360 e. The van der Waals surface area contributed by atoms with Gasteiger partial charge in [-0.2, -0.15) is 0 Å². The smallest absolute Gasteiger partial charge is 0.320 e. The molecule has 0 saturated heterocycles. The molecule has 2 amide bonds. The normalized spacial score (nSPS) is 11.1. The van der Waals surface area contributed by atoms with E-state index in [4.69, 9.17) is 0 Å². The van der Waals surface area contributed by atoms with Gasteiger partial charge in [-0.25, -0.2) is 14.8 Å². The van der Waals surface area contributed by atoms with E-state index in [2.05, 4.69) is 30.5 Å². The molecule has 23 heavy (non-hydrogen) atoms. The van der Waals surface area contributed by atoms with E-state index in [0.717, 1.165) is 28.1 Å². The van der Waals surface area contributed by atoms with Crippen molar-refractivity contribution >= 4 is 34.1 Å². The molecule has 0 radical (unpaired) electrons. The van der Waals surface area contributed by atoms with Gasteiger partial charge < -0.3 is 15.2 Å². The van der Waals surface area contributed by atoms with Gasteiger partial charge in [0.05, 0.1) is 24.0 Å². The lowest BCUT2D eigenvalue weighted by Crippen LogP contribution is -2.28. The molecule has 0 saturated carbocycles. The molecule has 0 fully saturated rings. The zero-order valence-electron chi connectivity index (χ0n) is 13.0. The quantitative estimate of drug-likeness (QED) is 0.670. The Morgan fingerprint density at radius 1 is 1.43 bits per heavy atom. The number of carbonyl (C=O) groups is 1. The number of H-pyrrole nitrogens is 1. The second-order valence-corrected chi connectivity index (χ2v) is 6.36. The maximum absolute atomic E-state index is 11.9. The Hall–Kier alpha value is -2.45. The van der Waals surface area contributed by atoms with Crippen molar-refractivity contribution in [3.63, 3.8) is 0 Å². The minimum Gasteiger partial charge on any atom is -0.360 e. The van der Waals surface area contributed by atoms with Gasteiger partial charge in [-0.15, -0.1) is 11.3 Å². The summed E-state index contributed by atoms with van der Waals surface area (Å²) in [5.41, 5.74) is 1.95. The first-order chi connectivity index (χ1) is 11.1. The van der Waals surface area contributed by atoms with E-state index < -0.39 is 0 Å². The summed E-state index contributed by atoms with van der Waals surface area (Å²) in [7, 11) is 4.00. The van der Waals surface area contributed by atoms with E-state index in [1.807, 2.05) is 37.8 Å². The highest BCUT2D eigenvalue weighted by atomic mass is 32.1. The monoisotopic (exact) mass is 330 g/mol. The average molecular weight is 330 g/mol. The van der Waals surface area contributed by atoms with Crippen molar-refractivity contribution in [2.24, 2.45) is 0 Å². The van der Waals surface area contributed by atoms with E-state index in [1.165, 1.54) is 0 Å². The van der Waals surface area contributed by atoms with Crippen molar-refractivity contribution in [2.75, 3.05) is 19.4 Å². The van der Waals surface area contributed by atoms with Crippen LogP contribution in [0.2, 0.25) is 0 Å². The van der Waals surface area contributed by atoms with Gasteiger partial charge in [-0.05, 0) is 26.2 Å². The number of aromatic amines is 1. The molecule has 120 valence electrons. The minimum atomic E-state index is -0.295. The number of rotatable bonds is 5. The molecule has 0 aliphatic carbocycles. The standard InChI is InChI=1S/C15H18N6OS/c1-21(2)8-11-9-23-14(19-11)7-18-15(22)20-13-5-10-3-4-16-12(10)6-17-13/h3-6,9,16H,7-8H2,1-2H3,(H2,17,18,20,22). The Labute approximate surface area is 137 Å². The number of nitrogens with zero attached hydrogens (tertiary/aromatic N) is 3. The predicted octanol–water partition coefficient (Wildman–Crippen LogP) is 2.40. The molecule has 3 aromatic heterocycles. The summed E-state index contributed by atoms with van der Waals surface area (Å²) in [6.45, 7) is 1.19. The number of hydrogen-bond acceptors (Lipinski definition) is 5. The van der Waals surface area contributed by atoms with Crippen LogP contribution in [0.5, 0.6) is 0 Å². The number of nitrogens with one attached hydrogen (secondary N) is 3. The number of amides is 2. The molecule has 0 aromatic carbocycles. The summed E-state index contributed by atoms with van der Waals surface area (Å²) in [5, 5.41) is 9.41. The molecule has 3 rings (SSSR count). The molecule has 0 unspecified atom stereocenters. The van der Waals surface area contributed by atoms with E-state index >= 15 is 0 Å². The second-order valence-electron chi connectivity index (χ2n) is 5.41. The van der Waals surface area contributed by atoms with Crippen molar-refractivity contribution in [1.29, 1.82) is 0 Å². The summed E-state index contributed by atoms with van der Waals surface area (Å²) in [6.07, 6.45) is 3.53. The fourth-order valence-electron chi connectivity index (χ4n) is 2.16. The van der Waals surface area contributed by atoms with Crippen molar-refractivity contribution in [1.82, 2.24) is 25.2 Å². The van der Waals surface area contributed by atoms with E-state index in [9.17, 15) is 4.79 Å². The fraction of sp³-hybridized carbons (Fsp3) is 0.267. The minimum absolute atomic E-state index is 0.295. The van der Waals surface area contributed by atoms with Crippen molar-refractivity contribution in [2.45, 2.75) is 13.1 Å². The van der Waals surface area contributed by atoms with Gasteiger partial charge in [0.25, 0.3) is 0 Å². The van der Waals surface area contributed by atoms with Gasteiger partial charge in [-0.1, -0.05) is 0 Å². The first kappa shape index (κ1) is 15.4. The maximum Gasteiger partial charge on any atom is 0.320 e. The molecule has 3 N–H and O–H groups in total. The molecule has 0 atom stereocenters. The van der Waals surface area contributed by atoms with Crippen LogP contribution in [0.25, 0.3) is 10.9 Å². The van der Waals surface area contributed by atoms with Gasteiger partial charge in [-0.3, -0.25) is 5.32 Å². The summed E-state index contributed by atoms with van der Waals surface area (Å²) in [5.74, 6) is 0.516. The second kappa shape index (κ2) is 6.76. The highest BCUT2D eigenvalue weighted by Gasteiger charge is 2.07. The average Bonchev–Trinajstić information content (AvgIpc) is 3.13. The number of carbonyl (C=O) groups excluding carboxylic acids is 1. The topological polar surface area (TPSA) is 85.9 Å². The number of urea groups is 1. The first-order valence-electron chi connectivity index (χ1n) is 7.16. The number of aromatic nitrogens is 3. The molecule has 0 aliphatic rings. The third-order valence-electron chi connectivity index (χ3n) is 3.16. The van der Waals surface area contributed by atoms with Crippen LogP contribution in [0.3, 0.4) is 0 Å². The van der Waals surface area contributed by atoms with Gasteiger partial charge in [0.1, 0.15) is 10.8 Å². The number of fused-ring (bicyclic) bond motifs is 1. The summed E-state index contributed by atoms with van der Waals surface area (Å²) >= 11 is 1.54. The van der Waals surface area contributed by atoms with Crippen LogP contribution >= 0.6 is 11.3 Å². The maximum atomic E-state index is 11.9. The number of thiazole rings is 1. The van der Waals surface area contributed by atoms with Gasteiger partial charge in [0.2, 0.25) is 0 Å². The Morgan fingerprint density at radius 2 is 2.30 bits per heavy atom. The van der Waals surface area contributed by atoms with Gasteiger partial charge in [0, 0.05) is 23.5 Å². The van der Waals surface area contributed by atoms with Gasteiger partial charge >= 0.3 is 6.03 Å². The summed E-state index contributed by atoms with van der Waals surface area (Å²) < 4.78 is 0. The van der Waals surface area contributed by atoms with Crippen molar-refractivity contribution in [3.05, 3.63) is 40.6 Å². The lowest BCUT2D eigenvalue weighted by Gasteiger charge is -2.06. The lowest BCUT2D eigenvalue weighted by molar-refractivity contribution is 0.251. The zero-order chi connectivity index (χ0) is 16.2. The fourth-order valence-corrected chi connectivity index (χ4v) is 2.89. The molecular formula is C15H18N6OS. The van der Waals surface area contributed by atoms with Crippen LogP contribution in [-0.2, 0) is 13.1 Å². The molecule has 0 spiro atoms. The Balaban J connectivity index is 1.53. The number of hydrogen-bond donors (Lipinski definition) is 3. The van der Waals surface area contributed by atoms with Crippen LogP contribution in [0.4, 0.5) is 10.6 Å². The first-order valence-corrected chi connectivity index (χ1v) is 8.04. The number of anilines is 1. The molecule has 7 nitrogen and oxygen atoms in total. The lowest BCUT2D eigenvalue weighted by atomic mass is 10.3. The Bertz CT molecular complexity index is 809. The van der Waals surface area contributed by atoms with E-state index in [-0.39, 0.29) is 6.03 Å². The van der Waals surface area contributed by atoms with Crippen molar-refractivity contribution in [3.8, 4) is 0 Å². The number of pyridine rings is 1. The summed E-state index contributed by atoms with van der Waals surface area (Å²) in [6, 6.07) is 3.46. The van der Waals surface area contributed by atoms with Crippen LogP contribution in [0.1, 0.15) is 10.7 Å². The third-order valence-corrected chi connectivity index (χ3v) is 4.05. The van der Waals surface area contributed by atoms with Crippen LogP contribution < -0.4 is 10.6 Å². The highest BCUT2D eigenvalue weighted by Crippen LogP contribution is 2.15. The molecular weight excluding hydrogens is 312 g/mol. The molecule has 0 aliphatic heterocycles. The molecule has 0 bridgehead atoms. The molecule has 3 aromatic rings. The van der Waals surface area contributed by atoms with E-state index in [1.54, 1.807) is 17.5 Å². The third kappa shape index (κ3) is 4.05. The van der Waals surface area contributed by atoms with Crippen LogP contribution in [0, 0.1) is 0 Å². The Kier molecular flexibility index (Phi) is 4.54. The van der Waals surface area contributed by atoms with E-state index in [0.29, 0.717) is 12.4 Å². The Morgan fingerprint density at radius 3 is 3.13 bits per heavy atom. The summed E-state index contributed by atoms with van der Waals surface area (Å²) in [4.78, 5) is 25.7. The van der Waals surface area contributed by atoms with Crippen LogP contribution in [0.15, 0.2) is 29.9 Å². The SMILES string of the molecule is CN(C)Cc1csc(CNC(=O)Nc2cc3cc[nH]c3cn2)n1.